The van der Waals surface area contributed by atoms with Crippen molar-refractivity contribution in [3.63, 3.8) is 0 Å². The minimum atomic E-state index is 0.0263. The summed E-state index contributed by atoms with van der Waals surface area (Å²) in [6, 6.07) is 11.5. The molecule has 0 saturated heterocycles. The van der Waals surface area contributed by atoms with Crippen molar-refractivity contribution in [1.82, 2.24) is 14.9 Å². The van der Waals surface area contributed by atoms with Gasteiger partial charge in [0.2, 0.25) is 5.91 Å². The minimum absolute atomic E-state index is 0.0263. The number of carbonyl (C=O) groups is 1. The van der Waals surface area contributed by atoms with Crippen molar-refractivity contribution in [2.75, 3.05) is 17.2 Å². The number of benzene rings is 1. The molecule has 1 amide bonds. The van der Waals surface area contributed by atoms with Gasteiger partial charge >= 0.3 is 0 Å². The minimum Gasteiger partial charge on any atom is -0.383 e. The van der Waals surface area contributed by atoms with E-state index in [9.17, 15) is 4.79 Å². The van der Waals surface area contributed by atoms with Crippen molar-refractivity contribution in [2.45, 2.75) is 31.6 Å². The number of rotatable bonds is 6. The third-order valence-corrected chi connectivity index (χ3v) is 4.04. The Bertz CT molecular complexity index is 643. The second-order valence-corrected chi connectivity index (χ2v) is 6.33. The molecule has 1 heterocycles. The quantitative estimate of drug-likeness (QED) is 0.622. The van der Waals surface area contributed by atoms with Crippen LogP contribution < -0.4 is 11.5 Å². The van der Waals surface area contributed by atoms with Gasteiger partial charge in [-0.25, -0.2) is 9.97 Å². The van der Waals surface area contributed by atoms with Gasteiger partial charge in [-0.3, -0.25) is 4.79 Å². The van der Waals surface area contributed by atoms with E-state index in [0.717, 1.165) is 5.56 Å². The van der Waals surface area contributed by atoms with E-state index >= 15 is 0 Å². The van der Waals surface area contributed by atoms with Gasteiger partial charge in [0, 0.05) is 18.7 Å². The zero-order valence-electron chi connectivity index (χ0n) is 13.3. The van der Waals surface area contributed by atoms with Crippen LogP contribution in [0.15, 0.2) is 41.6 Å². The summed E-state index contributed by atoms with van der Waals surface area (Å²) in [7, 11) is 0. The zero-order valence-corrected chi connectivity index (χ0v) is 14.1. The van der Waals surface area contributed by atoms with Gasteiger partial charge in [0.1, 0.15) is 11.6 Å². The summed E-state index contributed by atoms with van der Waals surface area (Å²) in [6.07, 6.45) is 0. The molecule has 0 unspecified atom stereocenters. The Morgan fingerprint density at radius 3 is 2.35 bits per heavy atom. The molecule has 0 bridgehead atoms. The highest BCUT2D eigenvalue weighted by Gasteiger charge is 2.18. The van der Waals surface area contributed by atoms with Crippen LogP contribution in [0, 0.1) is 0 Å². The number of carbonyl (C=O) groups excluding carboxylic acids is 1. The number of nitrogens with zero attached hydrogens (tertiary/aromatic N) is 3. The van der Waals surface area contributed by atoms with E-state index in [-0.39, 0.29) is 17.7 Å². The van der Waals surface area contributed by atoms with Crippen molar-refractivity contribution in [3.05, 3.63) is 42.0 Å². The maximum Gasteiger partial charge on any atom is 0.233 e. The van der Waals surface area contributed by atoms with Crippen molar-refractivity contribution in [1.29, 1.82) is 0 Å². The van der Waals surface area contributed by atoms with Crippen LogP contribution in [0.2, 0.25) is 0 Å². The second kappa shape index (κ2) is 7.82. The molecule has 2 aromatic rings. The van der Waals surface area contributed by atoms with Crippen molar-refractivity contribution >= 4 is 29.3 Å². The van der Waals surface area contributed by atoms with Gasteiger partial charge in [0.05, 0.1) is 5.75 Å². The second-order valence-electron chi connectivity index (χ2n) is 5.39. The largest absolute Gasteiger partial charge is 0.383 e. The fourth-order valence-corrected chi connectivity index (χ4v) is 2.83. The summed E-state index contributed by atoms with van der Waals surface area (Å²) in [5, 5.41) is 0.416. The van der Waals surface area contributed by atoms with Crippen LogP contribution in [-0.4, -0.2) is 32.6 Å². The van der Waals surface area contributed by atoms with E-state index in [1.165, 1.54) is 17.8 Å². The summed E-state index contributed by atoms with van der Waals surface area (Å²) in [5.41, 5.74) is 12.4. The Morgan fingerprint density at radius 2 is 1.78 bits per heavy atom. The lowest BCUT2D eigenvalue weighted by Gasteiger charge is -2.26. The SMILES string of the molecule is CC(C)N(Cc1ccccc1)C(=O)CSc1nc(N)cc(N)n1. The summed E-state index contributed by atoms with van der Waals surface area (Å²) < 4.78 is 0. The highest BCUT2D eigenvalue weighted by Crippen LogP contribution is 2.18. The standard InChI is InChI=1S/C16H21N5OS/c1-11(2)21(9-12-6-4-3-5-7-12)15(22)10-23-16-19-13(17)8-14(18)20-16/h3-8,11H,9-10H2,1-2H3,(H4,17,18,19,20). The molecule has 6 nitrogen and oxygen atoms in total. The molecule has 2 rings (SSSR count). The summed E-state index contributed by atoms with van der Waals surface area (Å²) >= 11 is 1.24. The van der Waals surface area contributed by atoms with E-state index in [1.807, 2.05) is 49.1 Å². The molecule has 0 saturated carbocycles. The molecule has 1 aromatic carbocycles. The third-order valence-electron chi connectivity index (χ3n) is 3.21. The molecular formula is C16H21N5OS. The molecule has 0 aliphatic heterocycles. The maximum atomic E-state index is 12.5. The predicted molar refractivity (Wildman–Crippen MR) is 93.7 cm³/mol. The summed E-state index contributed by atoms with van der Waals surface area (Å²) in [5.74, 6) is 0.877. The molecule has 0 spiro atoms. The van der Waals surface area contributed by atoms with Crippen LogP contribution in [0.25, 0.3) is 0 Å². The van der Waals surface area contributed by atoms with Crippen LogP contribution in [0.4, 0.5) is 11.6 Å². The van der Waals surface area contributed by atoms with E-state index in [2.05, 4.69) is 9.97 Å². The lowest BCUT2D eigenvalue weighted by Crippen LogP contribution is -2.37. The highest BCUT2D eigenvalue weighted by atomic mass is 32.2. The molecule has 7 heteroatoms. The molecule has 0 fully saturated rings. The van der Waals surface area contributed by atoms with Crippen molar-refractivity contribution < 1.29 is 4.79 Å². The summed E-state index contributed by atoms with van der Waals surface area (Å²) in [4.78, 5) is 22.5. The van der Waals surface area contributed by atoms with Crippen LogP contribution in [0.1, 0.15) is 19.4 Å². The lowest BCUT2D eigenvalue weighted by molar-refractivity contribution is -0.130. The molecule has 0 radical (unpaired) electrons. The van der Waals surface area contributed by atoms with Gasteiger partial charge in [-0.2, -0.15) is 0 Å². The first-order chi connectivity index (χ1) is 11.0. The zero-order chi connectivity index (χ0) is 16.8. The van der Waals surface area contributed by atoms with Crippen LogP contribution in [0.3, 0.4) is 0 Å². The first kappa shape index (κ1) is 17.1. The van der Waals surface area contributed by atoms with Gasteiger partial charge in [0.15, 0.2) is 5.16 Å². The number of hydrogen-bond donors (Lipinski definition) is 2. The van der Waals surface area contributed by atoms with E-state index in [0.29, 0.717) is 23.3 Å². The molecule has 1 aromatic heterocycles. The monoisotopic (exact) mass is 331 g/mol. The van der Waals surface area contributed by atoms with Gasteiger partial charge in [-0.05, 0) is 19.4 Å². The number of nitrogen functional groups attached to an aromatic ring is 2. The first-order valence-electron chi connectivity index (χ1n) is 7.32. The van der Waals surface area contributed by atoms with Crippen molar-refractivity contribution in [3.8, 4) is 0 Å². The third kappa shape index (κ3) is 5.14. The fraction of sp³-hybridized carbons (Fsp3) is 0.312. The Balaban J connectivity index is 2.01. The van der Waals surface area contributed by atoms with E-state index < -0.39 is 0 Å². The van der Waals surface area contributed by atoms with Gasteiger partial charge in [0.25, 0.3) is 0 Å². The molecular weight excluding hydrogens is 310 g/mol. The van der Waals surface area contributed by atoms with Gasteiger partial charge in [-0.1, -0.05) is 42.1 Å². The number of aromatic nitrogens is 2. The fourth-order valence-electron chi connectivity index (χ4n) is 2.07. The Morgan fingerprint density at radius 1 is 1.17 bits per heavy atom. The average Bonchev–Trinajstić information content (AvgIpc) is 2.50. The molecule has 0 atom stereocenters. The molecule has 122 valence electrons. The van der Waals surface area contributed by atoms with Crippen LogP contribution >= 0.6 is 11.8 Å². The number of amides is 1. The predicted octanol–water partition coefficient (Wildman–Crippen LogP) is 2.17. The Kier molecular flexibility index (Phi) is 5.81. The Labute approximate surface area is 140 Å². The lowest BCUT2D eigenvalue weighted by atomic mass is 10.2. The molecule has 4 N–H and O–H groups in total. The topological polar surface area (TPSA) is 98.1 Å². The average molecular weight is 331 g/mol. The normalized spacial score (nSPS) is 10.7. The highest BCUT2D eigenvalue weighted by molar-refractivity contribution is 7.99. The van der Waals surface area contributed by atoms with Crippen LogP contribution in [-0.2, 0) is 11.3 Å². The smallest absolute Gasteiger partial charge is 0.233 e. The van der Waals surface area contributed by atoms with E-state index in [4.69, 9.17) is 11.5 Å². The first-order valence-corrected chi connectivity index (χ1v) is 8.30. The van der Waals surface area contributed by atoms with E-state index in [1.54, 1.807) is 0 Å². The van der Waals surface area contributed by atoms with Crippen molar-refractivity contribution in [2.24, 2.45) is 0 Å². The molecule has 0 aliphatic rings. The number of anilines is 2. The molecule has 23 heavy (non-hydrogen) atoms. The van der Waals surface area contributed by atoms with Gasteiger partial charge in [-0.15, -0.1) is 0 Å². The number of hydrogen-bond acceptors (Lipinski definition) is 6. The van der Waals surface area contributed by atoms with Crippen LogP contribution in [0.5, 0.6) is 0 Å². The number of thioether (sulfide) groups is 1. The maximum absolute atomic E-state index is 12.5. The van der Waals surface area contributed by atoms with Gasteiger partial charge < -0.3 is 16.4 Å². The number of nitrogens with two attached hydrogens (primary N) is 2. The Hall–Kier alpha value is -2.28. The molecule has 0 aliphatic carbocycles. The summed E-state index contributed by atoms with van der Waals surface area (Å²) in [6.45, 7) is 4.58.